The first-order valence-corrected chi connectivity index (χ1v) is 9.37. The predicted octanol–water partition coefficient (Wildman–Crippen LogP) is 1.61. The quantitative estimate of drug-likeness (QED) is 0.856. The number of fused-ring (bicyclic) bond motifs is 2. The van der Waals surface area contributed by atoms with Crippen LogP contribution in [0.4, 0.5) is 0 Å². The van der Waals surface area contributed by atoms with Gasteiger partial charge in [0.05, 0.1) is 22.9 Å². The number of sulfone groups is 1. The van der Waals surface area contributed by atoms with Crippen molar-refractivity contribution in [2.45, 2.75) is 62.4 Å². The van der Waals surface area contributed by atoms with Crippen LogP contribution >= 0.6 is 0 Å². The van der Waals surface area contributed by atoms with E-state index in [4.69, 9.17) is 4.74 Å². The molecule has 1 aliphatic carbocycles. The van der Waals surface area contributed by atoms with Crippen molar-refractivity contribution in [3.8, 4) is 0 Å². The molecule has 1 N–H and O–H groups in total. The van der Waals surface area contributed by atoms with Crippen LogP contribution in [0.5, 0.6) is 0 Å². The Bertz CT molecular complexity index is 514. The third-order valence-corrected chi connectivity index (χ3v) is 7.24. The van der Waals surface area contributed by atoms with Gasteiger partial charge in [0.25, 0.3) is 0 Å². The van der Waals surface area contributed by atoms with Gasteiger partial charge in [-0.15, -0.1) is 0 Å². The Labute approximate surface area is 119 Å². The van der Waals surface area contributed by atoms with E-state index in [1.165, 1.54) is 6.26 Å². The van der Waals surface area contributed by atoms with Gasteiger partial charge in [-0.3, -0.25) is 4.79 Å². The highest BCUT2D eigenvalue weighted by molar-refractivity contribution is 7.91. The van der Waals surface area contributed by atoms with E-state index in [1.54, 1.807) is 0 Å². The SMILES string of the molecule is CS(=O)(=O)C1CCCC(C2(C(=O)O)CC3CCC2O3)C1. The van der Waals surface area contributed by atoms with Gasteiger partial charge in [-0.2, -0.15) is 0 Å². The van der Waals surface area contributed by atoms with Crippen LogP contribution in [-0.4, -0.2) is 43.2 Å². The maximum Gasteiger partial charge on any atom is 0.312 e. The molecule has 0 spiro atoms. The van der Waals surface area contributed by atoms with Gasteiger partial charge < -0.3 is 9.84 Å². The highest BCUT2D eigenvalue weighted by atomic mass is 32.2. The van der Waals surface area contributed by atoms with Gasteiger partial charge in [-0.25, -0.2) is 8.42 Å². The van der Waals surface area contributed by atoms with Crippen molar-refractivity contribution in [1.29, 1.82) is 0 Å². The highest BCUT2D eigenvalue weighted by Crippen LogP contribution is 2.56. The minimum absolute atomic E-state index is 0.0645. The van der Waals surface area contributed by atoms with Crippen LogP contribution in [0.15, 0.2) is 0 Å². The van der Waals surface area contributed by atoms with Crippen molar-refractivity contribution in [1.82, 2.24) is 0 Å². The molecule has 0 amide bonds. The average molecular weight is 302 g/mol. The van der Waals surface area contributed by atoms with Crippen LogP contribution in [-0.2, 0) is 19.4 Å². The number of hydrogen-bond acceptors (Lipinski definition) is 4. The third-order valence-electron chi connectivity index (χ3n) is 5.61. The normalized spacial score (nSPS) is 44.6. The van der Waals surface area contributed by atoms with E-state index in [1.807, 2.05) is 0 Å². The van der Waals surface area contributed by atoms with E-state index >= 15 is 0 Å². The maximum absolute atomic E-state index is 11.9. The second-order valence-electron chi connectivity index (χ2n) is 6.69. The van der Waals surface area contributed by atoms with Gasteiger partial charge in [-0.05, 0) is 44.4 Å². The van der Waals surface area contributed by atoms with E-state index in [9.17, 15) is 18.3 Å². The molecular formula is C14H22O5S. The fraction of sp³-hybridized carbons (Fsp3) is 0.929. The minimum Gasteiger partial charge on any atom is -0.481 e. The lowest BCUT2D eigenvalue weighted by atomic mass is 9.61. The van der Waals surface area contributed by atoms with Crippen LogP contribution in [0.1, 0.15) is 44.9 Å². The lowest BCUT2D eigenvalue weighted by Gasteiger charge is -2.42. The Morgan fingerprint density at radius 1 is 1.25 bits per heavy atom. The second-order valence-corrected chi connectivity index (χ2v) is 9.01. The Morgan fingerprint density at radius 3 is 2.50 bits per heavy atom. The number of carbonyl (C=O) groups is 1. The zero-order valence-electron chi connectivity index (χ0n) is 11.7. The van der Waals surface area contributed by atoms with E-state index in [0.29, 0.717) is 19.3 Å². The number of aliphatic carboxylic acids is 1. The molecule has 0 radical (unpaired) electrons. The first kappa shape index (κ1) is 14.3. The Hall–Kier alpha value is -0.620. The Morgan fingerprint density at radius 2 is 2.00 bits per heavy atom. The zero-order chi connectivity index (χ0) is 14.5. The molecule has 2 heterocycles. The summed E-state index contributed by atoms with van der Waals surface area (Å²) in [5.74, 6) is -0.854. The van der Waals surface area contributed by atoms with Crippen molar-refractivity contribution in [2.24, 2.45) is 11.3 Å². The fourth-order valence-electron chi connectivity index (χ4n) is 4.57. The maximum atomic E-state index is 11.9. The summed E-state index contributed by atoms with van der Waals surface area (Å²) in [6, 6.07) is 0. The van der Waals surface area contributed by atoms with Crippen LogP contribution in [0.25, 0.3) is 0 Å². The number of ether oxygens (including phenoxy) is 1. The smallest absolute Gasteiger partial charge is 0.312 e. The molecule has 0 aromatic carbocycles. The van der Waals surface area contributed by atoms with Crippen molar-refractivity contribution >= 4 is 15.8 Å². The number of carboxylic acids is 1. The van der Waals surface area contributed by atoms with E-state index in [-0.39, 0.29) is 23.4 Å². The molecule has 3 fully saturated rings. The standard InChI is InChI=1S/C14H22O5S/c1-20(17,18)11-4-2-3-9(7-11)14(13(15)16)8-10-5-6-12(14)19-10/h9-12H,2-8H2,1H3,(H,15,16). The summed E-state index contributed by atoms with van der Waals surface area (Å²) >= 11 is 0. The molecule has 20 heavy (non-hydrogen) atoms. The molecule has 0 aromatic rings. The van der Waals surface area contributed by atoms with Crippen LogP contribution < -0.4 is 0 Å². The second kappa shape index (κ2) is 4.70. The summed E-state index contributed by atoms with van der Waals surface area (Å²) < 4.78 is 29.4. The van der Waals surface area contributed by atoms with Crippen molar-refractivity contribution in [3.05, 3.63) is 0 Å². The van der Waals surface area contributed by atoms with Gasteiger partial charge in [0.15, 0.2) is 0 Å². The molecule has 6 heteroatoms. The summed E-state index contributed by atoms with van der Waals surface area (Å²) in [7, 11) is -3.09. The lowest BCUT2D eigenvalue weighted by Crippen LogP contribution is -2.49. The van der Waals surface area contributed by atoms with Crippen LogP contribution in [0.3, 0.4) is 0 Å². The van der Waals surface area contributed by atoms with E-state index in [2.05, 4.69) is 0 Å². The fourth-order valence-corrected chi connectivity index (χ4v) is 5.75. The van der Waals surface area contributed by atoms with Crippen molar-refractivity contribution in [2.75, 3.05) is 6.26 Å². The monoisotopic (exact) mass is 302 g/mol. The molecular weight excluding hydrogens is 280 g/mol. The molecule has 2 bridgehead atoms. The Kier molecular flexibility index (Phi) is 3.36. The van der Waals surface area contributed by atoms with Crippen LogP contribution in [0.2, 0.25) is 0 Å². The first-order chi connectivity index (χ1) is 9.34. The van der Waals surface area contributed by atoms with E-state index < -0.39 is 21.2 Å². The first-order valence-electron chi connectivity index (χ1n) is 7.42. The molecule has 3 rings (SSSR count). The Balaban J connectivity index is 1.88. The molecule has 3 aliphatic rings. The van der Waals surface area contributed by atoms with Crippen LogP contribution in [0, 0.1) is 11.3 Å². The predicted molar refractivity (Wildman–Crippen MR) is 73.2 cm³/mol. The summed E-state index contributed by atoms with van der Waals surface area (Å²) in [4.78, 5) is 11.9. The third kappa shape index (κ3) is 2.08. The van der Waals surface area contributed by atoms with Gasteiger partial charge in [0, 0.05) is 6.26 Å². The molecule has 2 aliphatic heterocycles. The number of hydrogen-bond donors (Lipinski definition) is 1. The van der Waals surface area contributed by atoms with Gasteiger partial charge in [0.2, 0.25) is 0 Å². The zero-order valence-corrected chi connectivity index (χ0v) is 12.6. The van der Waals surface area contributed by atoms with Gasteiger partial charge in [-0.1, -0.05) is 6.42 Å². The minimum atomic E-state index is -3.09. The van der Waals surface area contributed by atoms with Gasteiger partial charge in [0.1, 0.15) is 9.84 Å². The van der Waals surface area contributed by atoms with E-state index in [0.717, 1.165) is 25.7 Å². The molecule has 5 unspecified atom stereocenters. The average Bonchev–Trinajstić information content (AvgIpc) is 2.98. The van der Waals surface area contributed by atoms with Crippen molar-refractivity contribution in [3.63, 3.8) is 0 Å². The van der Waals surface area contributed by atoms with Gasteiger partial charge >= 0.3 is 5.97 Å². The highest BCUT2D eigenvalue weighted by Gasteiger charge is 2.61. The number of rotatable bonds is 3. The molecule has 1 saturated carbocycles. The summed E-state index contributed by atoms with van der Waals surface area (Å²) in [6.45, 7) is 0. The summed E-state index contributed by atoms with van der Waals surface area (Å²) in [6.07, 6.45) is 6.19. The molecule has 0 aromatic heterocycles. The topological polar surface area (TPSA) is 80.7 Å². The number of carboxylic acid groups (broad SMARTS) is 1. The molecule has 2 saturated heterocycles. The summed E-state index contributed by atoms with van der Waals surface area (Å²) in [5.41, 5.74) is -0.841. The molecule has 5 atom stereocenters. The summed E-state index contributed by atoms with van der Waals surface area (Å²) in [5, 5.41) is 9.42. The molecule has 114 valence electrons. The largest absolute Gasteiger partial charge is 0.481 e. The lowest BCUT2D eigenvalue weighted by molar-refractivity contribution is -0.158. The molecule has 5 nitrogen and oxygen atoms in total. The van der Waals surface area contributed by atoms with Crippen molar-refractivity contribution < 1.29 is 23.1 Å².